The maximum atomic E-state index is 4.30. The van der Waals surface area contributed by atoms with Crippen LogP contribution in [0.2, 0.25) is 0 Å². The first kappa shape index (κ1) is 8.55. The van der Waals surface area contributed by atoms with E-state index in [0.717, 1.165) is 21.9 Å². The fourth-order valence-corrected chi connectivity index (χ4v) is 2.38. The van der Waals surface area contributed by atoms with Crippen LogP contribution in [0.1, 0.15) is 5.82 Å². The van der Waals surface area contributed by atoms with E-state index in [9.17, 15) is 0 Å². The van der Waals surface area contributed by atoms with Gasteiger partial charge in [-0.1, -0.05) is 0 Å². The monoisotopic (exact) mass is 216 g/mol. The molecule has 4 nitrogen and oxygen atoms in total. The highest BCUT2D eigenvalue weighted by molar-refractivity contribution is 7.17. The molecule has 0 aliphatic rings. The molecular weight excluding hydrogens is 208 g/mol. The van der Waals surface area contributed by atoms with Crippen LogP contribution in [0.4, 0.5) is 0 Å². The Kier molecular flexibility index (Phi) is 1.78. The predicted octanol–water partition coefficient (Wildman–Crippen LogP) is 2.19. The van der Waals surface area contributed by atoms with E-state index in [0.29, 0.717) is 0 Å². The molecular formula is C10H8N4S. The lowest BCUT2D eigenvalue weighted by molar-refractivity contribution is 0.937. The first-order valence-corrected chi connectivity index (χ1v) is 5.43. The lowest BCUT2D eigenvalue weighted by Crippen LogP contribution is -1.99. The van der Waals surface area contributed by atoms with Crippen molar-refractivity contribution in [2.45, 2.75) is 6.92 Å². The van der Waals surface area contributed by atoms with Gasteiger partial charge in [-0.15, -0.1) is 11.3 Å². The molecule has 0 saturated heterocycles. The molecule has 3 aromatic rings. The summed E-state index contributed by atoms with van der Waals surface area (Å²) < 4.78 is 3.07. The third kappa shape index (κ3) is 1.24. The van der Waals surface area contributed by atoms with Gasteiger partial charge in [-0.25, -0.2) is 15.0 Å². The number of imidazole rings is 1. The Bertz CT molecular complexity index is 610. The van der Waals surface area contributed by atoms with Crippen molar-refractivity contribution in [1.29, 1.82) is 0 Å². The minimum absolute atomic E-state index is 0.907. The quantitative estimate of drug-likeness (QED) is 0.626. The van der Waals surface area contributed by atoms with Crippen molar-refractivity contribution in [2.75, 3.05) is 0 Å². The second kappa shape index (κ2) is 3.13. The molecule has 15 heavy (non-hydrogen) atoms. The summed E-state index contributed by atoms with van der Waals surface area (Å²) in [5.41, 5.74) is 0.984. The number of aryl methyl sites for hydroxylation is 1. The SMILES string of the molecule is Cc1nccn1-c1ncnc2ccsc12. The van der Waals surface area contributed by atoms with Gasteiger partial charge in [-0.2, -0.15) is 0 Å². The standard InChI is InChI=1S/C10H8N4S/c1-7-11-3-4-14(7)10-9-8(2-5-15-9)12-6-13-10/h2-6H,1H3. The van der Waals surface area contributed by atoms with Crippen LogP contribution in [0.3, 0.4) is 0 Å². The zero-order chi connectivity index (χ0) is 10.3. The summed E-state index contributed by atoms with van der Waals surface area (Å²) in [5.74, 6) is 1.84. The van der Waals surface area contributed by atoms with E-state index in [1.807, 2.05) is 29.1 Å². The molecule has 0 saturated carbocycles. The van der Waals surface area contributed by atoms with Gasteiger partial charge in [0.25, 0.3) is 0 Å². The van der Waals surface area contributed by atoms with Crippen molar-refractivity contribution in [3.8, 4) is 5.82 Å². The molecule has 0 bridgehead atoms. The summed E-state index contributed by atoms with van der Waals surface area (Å²) in [6.45, 7) is 1.96. The van der Waals surface area contributed by atoms with E-state index in [-0.39, 0.29) is 0 Å². The van der Waals surface area contributed by atoms with Crippen molar-refractivity contribution in [3.63, 3.8) is 0 Å². The van der Waals surface area contributed by atoms with E-state index in [2.05, 4.69) is 15.0 Å². The smallest absolute Gasteiger partial charge is 0.159 e. The molecule has 3 rings (SSSR count). The van der Waals surface area contributed by atoms with Crippen LogP contribution in [-0.4, -0.2) is 19.5 Å². The van der Waals surface area contributed by atoms with Gasteiger partial charge in [0.15, 0.2) is 5.82 Å². The number of fused-ring (bicyclic) bond motifs is 1. The van der Waals surface area contributed by atoms with Gasteiger partial charge in [0.1, 0.15) is 12.2 Å². The summed E-state index contributed by atoms with van der Waals surface area (Å²) in [7, 11) is 0. The average molecular weight is 216 g/mol. The van der Waals surface area contributed by atoms with Crippen molar-refractivity contribution >= 4 is 21.6 Å². The summed E-state index contributed by atoms with van der Waals surface area (Å²) >= 11 is 1.65. The highest BCUT2D eigenvalue weighted by Gasteiger charge is 2.08. The Morgan fingerprint density at radius 3 is 3.00 bits per heavy atom. The van der Waals surface area contributed by atoms with Gasteiger partial charge in [-0.05, 0) is 18.4 Å². The van der Waals surface area contributed by atoms with Crippen molar-refractivity contribution < 1.29 is 0 Å². The summed E-state index contributed by atoms with van der Waals surface area (Å²) in [6, 6.07) is 2.00. The van der Waals surface area contributed by atoms with E-state index in [1.54, 1.807) is 23.9 Å². The molecule has 3 heterocycles. The minimum Gasteiger partial charge on any atom is -0.287 e. The second-order valence-electron chi connectivity index (χ2n) is 3.18. The molecule has 74 valence electrons. The highest BCUT2D eigenvalue weighted by Crippen LogP contribution is 2.24. The van der Waals surface area contributed by atoms with E-state index >= 15 is 0 Å². The molecule has 0 aromatic carbocycles. The lowest BCUT2D eigenvalue weighted by atomic mass is 10.4. The van der Waals surface area contributed by atoms with E-state index in [4.69, 9.17) is 0 Å². The van der Waals surface area contributed by atoms with Gasteiger partial charge < -0.3 is 0 Å². The number of nitrogens with zero attached hydrogens (tertiary/aromatic N) is 4. The average Bonchev–Trinajstić information content (AvgIpc) is 2.85. The Morgan fingerprint density at radius 1 is 1.27 bits per heavy atom. The summed E-state index contributed by atoms with van der Waals surface area (Å²) in [6.07, 6.45) is 5.28. The molecule has 0 unspecified atom stereocenters. The molecule has 0 aliphatic carbocycles. The maximum absolute atomic E-state index is 4.30. The van der Waals surface area contributed by atoms with Crippen LogP contribution in [0.25, 0.3) is 16.0 Å². The Hall–Kier alpha value is -1.75. The summed E-state index contributed by atoms with van der Waals surface area (Å²) in [4.78, 5) is 12.7. The Labute approximate surface area is 90.3 Å². The number of thiophene rings is 1. The van der Waals surface area contributed by atoms with Gasteiger partial charge in [0.2, 0.25) is 0 Å². The molecule has 3 aromatic heterocycles. The van der Waals surface area contributed by atoms with Gasteiger partial charge in [0, 0.05) is 12.4 Å². The van der Waals surface area contributed by atoms with Gasteiger partial charge in [-0.3, -0.25) is 4.57 Å². The van der Waals surface area contributed by atoms with Gasteiger partial charge in [0.05, 0.1) is 10.2 Å². The van der Waals surface area contributed by atoms with Crippen molar-refractivity contribution in [2.24, 2.45) is 0 Å². The maximum Gasteiger partial charge on any atom is 0.159 e. The zero-order valence-corrected chi connectivity index (χ0v) is 8.90. The van der Waals surface area contributed by atoms with Crippen molar-refractivity contribution in [3.05, 3.63) is 36.0 Å². The van der Waals surface area contributed by atoms with Crippen molar-refractivity contribution in [1.82, 2.24) is 19.5 Å². The number of hydrogen-bond donors (Lipinski definition) is 0. The number of hydrogen-bond acceptors (Lipinski definition) is 4. The van der Waals surface area contributed by atoms with Crippen LogP contribution in [0.5, 0.6) is 0 Å². The van der Waals surface area contributed by atoms with Crippen LogP contribution >= 0.6 is 11.3 Å². The highest BCUT2D eigenvalue weighted by atomic mass is 32.1. The normalized spacial score (nSPS) is 11.0. The third-order valence-corrected chi connectivity index (χ3v) is 3.18. The molecule has 0 spiro atoms. The lowest BCUT2D eigenvalue weighted by Gasteiger charge is -2.03. The third-order valence-electron chi connectivity index (χ3n) is 2.28. The van der Waals surface area contributed by atoms with E-state index in [1.165, 1.54) is 0 Å². The van der Waals surface area contributed by atoms with Gasteiger partial charge >= 0.3 is 0 Å². The fraction of sp³-hybridized carbons (Fsp3) is 0.100. The Balaban J connectivity index is 2.36. The number of aromatic nitrogens is 4. The molecule has 0 radical (unpaired) electrons. The van der Waals surface area contributed by atoms with Crippen LogP contribution in [0.15, 0.2) is 30.2 Å². The van der Waals surface area contributed by atoms with Crippen LogP contribution in [0, 0.1) is 6.92 Å². The largest absolute Gasteiger partial charge is 0.287 e. The fourth-order valence-electron chi connectivity index (χ4n) is 1.55. The minimum atomic E-state index is 0.907. The Morgan fingerprint density at radius 2 is 2.20 bits per heavy atom. The number of rotatable bonds is 1. The second-order valence-corrected chi connectivity index (χ2v) is 4.09. The first-order valence-electron chi connectivity index (χ1n) is 4.55. The topological polar surface area (TPSA) is 43.6 Å². The van der Waals surface area contributed by atoms with E-state index < -0.39 is 0 Å². The van der Waals surface area contributed by atoms with Crippen LogP contribution < -0.4 is 0 Å². The zero-order valence-electron chi connectivity index (χ0n) is 8.08. The molecule has 0 fully saturated rings. The van der Waals surface area contributed by atoms with Crippen LogP contribution in [-0.2, 0) is 0 Å². The molecule has 0 aliphatic heterocycles. The molecule has 0 N–H and O–H groups in total. The summed E-state index contributed by atoms with van der Waals surface area (Å²) in [5, 5.41) is 2.02. The molecule has 0 atom stereocenters. The molecule has 0 amide bonds. The predicted molar refractivity (Wildman–Crippen MR) is 59.3 cm³/mol. The first-order chi connectivity index (χ1) is 7.36. The molecule has 5 heteroatoms.